The van der Waals surface area contributed by atoms with E-state index in [1.165, 1.54) is 0 Å². The van der Waals surface area contributed by atoms with Crippen LogP contribution in [0, 0.1) is 11.3 Å². The van der Waals surface area contributed by atoms with Gasteiger partial charge < -0.3 is 14.2 Å². The standard InChI is InChI=1S/C28H23ClN2O4/c1-33-25-15-18(11-12-23(25)34-17-19-7-2-3-8-21(19)29)26-20(16-30)28(31-13-4-5-14-31)35-24-10-6-9-22(32)27(24)26/h2-5,7-8,11-15,26H,6,9-10,17H2,1H3/t26-/m1/s1. The van der Waals surface area contributed by atoms with Crippen LogP contribution in [0.2, 0.25) is 5.02 Å². The predicted molar refractivity (Wildman–Crippen MR) is 132 cm³/mol. The van der Waals surface area contributed by atoms with Crippen LogP contribution in [-0.2, 0) is 16.1 Å². The number of Topliss-reactive ketones (excluding diaryl/α,β-unsaturated/α-hetero) is 1. The summed E-state index contributed by atoms with van der Waals surface area (Å²) in [6.07, 6.45) is 5.46. The summed E-state index contributed by atoms with van der Waals surface area (Å²) in [6, 6.07) is 19.0. The van der Waals surface area contributed by atoms with Gasteiger partial charge in [0.15, 0.2) is 17.3 Å². The summed E-state index contributed by atoms with van der Waals surface area (Å²) in [5.74, 6) is 1.56. The highest BCUT2D eigenvalue weighted by Crippen LogP contribution is 2.47. The molecular weight excluding hydrogens is 464 g/mol. The van der Waals surface area contributed by atoms with E-state index in [0.717, 1.165) is 17.5 Å². The maximum atomic E-state index is 13.0. The number of benzene rings is 2. The number of halogens is 1. The van der Waals surface area contributed by atoms with Gasteiger partial charge in [0.05, 0.1) is 13.0 Å². The second-order valence-corrected chi connectivity index (χ2v) is 8.77. The average molecular weight is 487 g/mol. The number of aromatic nitrogens is 1. The number of methoxy groups -OCH3 is 1. The topological polar surface area (TPSA) is 73.5 Å². The van der Waals surface area contributed by atoms with Crippen LogP contribution in [0.15, 0.2) is 83.9 Å². The molecule has 0 unspecified atom stereocenters. The van der Waals surface area contributed by atoms with Crippen molar-refractivity contribution in [1.29, 1.82) is 5.26 Å². The van der Waals surface area contributed by atoms with E-state index in [0.29, 0.717) is 52.2 Å². The van der Waals surface area contributed by atoms with Crippen molar-refractivity contribution in [1.82, 2.24) is 4.57 Å². The van der Waals surface area contributed by atoms with E-state index in [4.69, 9.17) is 25.8 Å². The lowest BCUT2D eigenvalue weighted by molar-refractivity contribution is -0.116. The monoisotopic (exact) mass is 486 g/mol. The van der Waals surface area contributed by atoms with E-state index in [2.05, 4.69) is 6.07 Å². The molecule has 176 valence electrons. The van der Waals surface area contributed by atoms with Gasteiger partial charge >= 0.3 is 0 Å². The van der Waals surface area contributed by atoms with Crippen molar-refractivity contribution in [3.05, 3.63) is 100 Å². The van der Waals surface area contributed by atoms with Gasteiger partial charge in [0.1, 0.15) is 24.0 Å². The Morgan fingerprint density at radius 1 is 1.11 bits per heavy atom. The molecule has 0 fully saturated rings. The highest BCUT2D eigenvalue weighted by molar-refractivity contribution is 6.31. The van der Waals surface area contributed by atoms with Gasteiger partial charge in [0, 0.05) is 41.4 Å². The minimum absolute atomic E-state index is 0.00793. The number of hydrogen-bond donors (Lipinski definition) is 0. The van der Waals surface area contributed by atoms with Gasteiger partial charge in [-0.3, -0.25) is 9.36 Å². The Labute approximate surface area is 208 Å². The zero-order valence-electron chi connectivity index (χ0n) is 19.2. The Morgan fingerprint density at radius 3 is 2.66 bits per heavy atom. The zero-order chi connectivity index (χ0) is 24.4. The molecular formula is C28H23ClN2O4. The minimum Gasteiger partial charge on any atom is -0.493 e. The van der Waals surface area contributed by atoms with Crippen LogP contribution < -0.4 is 9.47 Å². The summed E-state index contributed by atoms with van der Waals surface area (Å²) in [5.41, 5.74) is 2.55. The zero-order valence-corrected chi connectivity index (χ0v) is 19.9. The van der Waals surface area contributed by atoms with Gasteiger partial charge in [-0.15, -0.1) is 0 Å². The Morgan fingerprint density at radius 2 is 1.91 bits per heavy atom. The van der Waals surface area contributed by atoms with Crippen molar-refractivity contribution in [2.45, 2.75) is 31.8 Å². The Balaban J connectivity index is 1.56. The second kappa shape index (κ2) is 9.73. The molecule has 35 heavy (non-hydrogen) atoms. The van der Waals surface area contributed by atoms with Crippen LogP contribution in [0.4, 0.5) is 0 Å². The first-order chi connectivity index (χ1) is 17.1. The predicted octanol–water partition coefficient (Wildman–Crippen LogP) is 6.24. The molecule has 2 heterocycles. The SMILES string of the molecule is COc1cc([C@@H]2C(C#N)=C(n3cccc3)OC3=C2C(=O)CCC3)ccc1OCc1ccccc1Cl. The smallest absolute Gasteiger partial charge is 0.218 e. The van der Waals surface area contributed by atoms with E-state index >= 15 is 0 Å². The molecule has 1 aliphatic heterocycles. The third-order valence-corrected chi connectivity index (χ3v) is 6.63. The maximum Gasteiger partial charge on any atom is 0.218 e. The third-order valence-electron chi connectivity index (χ3n) is 6.26. The van der Waals surface area contributed by atoms with Crippen LogP contribution in [-0.4, -0.2) is 17.5 Å². The van der Waals surface area contributed by atoms with Crippen LogP contribution in [0.3, 0.4) is 0 Å². The third kappa shape index (κ3) is 4.31. The number of rotatable bonds is 6. The molecule has 0 saturated carbocycles. The Hall–Kier alpha value is -3.95. The van der Waals surface area contributed by atoms with Crippen molar-refractivity contribution < 1.29 is 19.0 Å². The van der Waals surface area contributed by atoms with E-state index in [1.54, 1.807) is 17.7 Å². The highest BCUT2D eigenvalue weighted by atomic mass is 35.5. The summed E-state index contributed by atoms with van der Waals surface area (Å²) < 4.78 is 19.6. The number of carbonyl (C=O) groups excluding carboxylic acids is 1. The first-order valence-electron chi connectivity index (χ1n) is 11.4. The summed E-state index contributed by atoms with van der Waals surface area (Å²) in [6.45, 7) is 0.279. The molecule has 0 amide bonds. The molecule has 6 nitrogen and oxygen atoms in total. The average Bonchev–Trinajstić information content (AvgIpc) is 3.42. The number of ether oxygens (including phenoxy) is 3. The van der Waals surface area contributed by atoms with E-state index in [9.17, 15) is 10.1 Å². The summed E-state index contributed by atoms with van der Waals surface area (Å²) >= 11 is 6.26. The molecule has 1 atom stereocenters. The molecule has 2 aliphatic rings. The van der Waals surface area contributed by atoms with Crippen LogP contribution in [0.5, 0.6) is 11.5 Å². The quantitative estimate of drug-likeness (QED) is 0.412. The fraction of sp³-hybridized carbons (Fsp3) is 0.214. The van der Waals surface area contributed by atoms with Gasteiger partial charge in [0.2, 0.25) is 5.88 Å². The van der Waals surface area contributed by atoms with E-state index in [1.807, 2.05) is 60.9 Å². The second-order valence-electron chi connectivity index (χ2n) is 8.36. The molecule has 3 aromatic rings. The highest BCUT2D eigenvalue weighted by Gasteiger charge is 2.39. The van der Waals surface area contributed by atoms with Gasteiger partial charge in [-0.2, -0.15) is 5.26 Å². The summed E-state index contributed by atoms with van der Waals surface area (Å²) in [5, 5.41) is 10.8. The summed E-state index contributed by atoms with van der Waals surface area (Å²) in [7, 11) is 1.56. The molecule has 0 spiro atoms. The van der Waals surface area contributed by atoms with E-state index in [-0.39, 0.29) is 12.4 Å². The lowest BCUT2D eigenvalue weighted by atomic mass is 9.77. The maximum absolute atomic E-state index is 13.0. The molecule has 0 radical (unpaired) electrons. The fourth-order valence-electron chi connectivity index (χ4n) is 4.56. The first kappa shape index (κ1) is 22.8. The van der Waals surface area contributed by atoms with Crippen molar-refractivity contribution in [3.63, 3.8) is 0 Å². The van der Waals surface area contributed by atoms with Crippen molar-refractivity contribution in [3.8, 4) is 17.6 Å². The van der Waals surface area contributed by atoms with Gasteiger partial charge in [-0.05, 0) is 42.3 Å². The molecule has 7 heteroatoms. The lowest BCUT2D eigenvalue weighted by Crippen LogP contribution is -2.26. The molecule has 5 rings (SSSR count). The van der Waals surface area contributed by atoms with Crippen molar-refractivity contribution in [2.75, 3.05) is 7.11 Å². The van der Waals surface area contributed by atoms with Crippen molar-refractivity contribution in [2.24, 2.45) is 0 Å². The van der Waals surface area contributed by atoms with Gasteiger partial charge in [-0.1, -0.05) is 35.9 Å². The molecule has 0 bridgehead atoms. The Bertz CT molecular complexity index is 1380. The number of allylic oxidation sites excluding steroid dienone is 3. The van der Waals surface area contributed by atoms with Crippen LogP contribution in [0.1, 0.15) is 36.3 Å². The minimum atomic E-state index is -0.555. The normalized spacial score (nSPS) is 17.5. The molecule has 1 aromatic heterocycles. The number of nitrogens with zero attached hydrogens (tertiary/aromatic N) is 2. The largest absolute Gasteiger partial charge is 0.493 e. The molecule has 0 saturated heterocycles. The number of carbonyl (C=O) groups is 1. The molecule has 2 aromatic carbocycles. The van der Waals surface area contributed by atoms with Gasteiger partial charge in [0.25, 0.3) is 0 Å². The van der Waals surface area contributed by atoms with Gasteiger partial charge in [-0.25, -0.2) is 0 Å². The number of hydrogen-bond acceptors (Lipinski definition) is 5. The number of ketones is 1. The Kier molecular flexibility index (Phi) is 6.35. The summed E-state index contributed by atoms with van der Waals surface area (Å²) in [4.78, 5) is 13.0. The lowest BCUT2D eigenvalue weighted by Gasteiger charge is -2.32. The van der Waals surface area contributed by atoms with Crippen molar-refractivity contribution >= 4 is 23.3 Å². The van der Waals surface area contributed by atoms with E-state index < -0.39 is 5.92 Å². The van der Waals surface area contributed by atoms with Crippen LogP contribution in [0.25, 0.3) is 5.88 Å². The molecule has 1 aliphatic carbocycles. The van der Waals surface area contributed by atoms with Crippen LogP contribution >= 0.6 is 11.6 Å². The molecule has 0 N–H and O–H groups in total. The number of nitriles is 1. The fourth-order valence-corrected chi connectivity index (χ4v) is 4.75. The first-order valence-corrected chi connectivity index (χ1v) is 11.7.